The molecule has 2 aromatic rings. The largest absolute Gasteiger partial charge is 0.442 e. The van der Waals surface area contributed by atoms with Gasteiger partial charge >= 0.3 is 6.09 Å². The molecule has 7 nitrogen and oxygen atoms in total. The lowest BCUT2D eigenvalue weighted by molar-refractivity contribution is -0.121. The molecule has 1 saturated heterocycles. The van der Waals surface area contributed by atoms with E-state index in [-0.39, 0.29) is 19.0 Å². The second-order valence-corrected chi connectivity index (χ2v) is 6.02. The topological polar surface area (TPSA) is 84.4 Å². The molecule has 0 radical (unpaired) electrons. The van der Waals surface area contributed by atoms with Crippen molar-refractivity contribution in [2.24, 2.45) is 0 Å². The second kappa shape index (κ2) is 6.91. The van der Waals surface area contributed by atoms with Gasteiger partial charge in [0.05, 0.1) is 18.8 Å². The third-order valence-corrected chi connectivity index (χ3v) is 4.30. The number of rotatable bonds is 5. The molecular weight excluding hydrogens is 335 g/mol. The van der Waals surface area contributed by atoms with Crippen molar-refractivity contribution in [3.05, 3.63) is 29.5 Å². The number of carbonyl (C=O) groups excluding carboxylic acids is 2. The maximum atomic E-state index is 14.3. The first-order chi connectivity index (χ1) is 11.6. The van der Waals surface area contributed by atoms with Gasteiger partial charge in [0.1, 0.15) is 22.4 Å². The van der Waals surface area contributed by atoms with Crippen LogP contribution >= 0.6 is 11.3 Å². The fourth-order valence-corrected chi connectivity index (χ4v) is 2.91. The highest BCUT2D eigenvalue weighted by Crippen LogP contribution is 2.29. The minimum Gasteiger partial charge on any atom is -0.442 e. The second-order valence-electron chi connectivity index (χ2n) is 5.18. The average Bonchev–Trinajstić information content (AvgIpc) is 3.22. The van der Waals surface area contributed by atoms with E-state index in [1.54, 1.807) is 19.1 Å². The number of cyclic esters (lactones) is 1. The van der Waals surface area contributed by atoms with Gasteiger partial charge in [-0.3, -0.25) is 9.69 Å². The summed E-state index contributed by atoms with van der Waals surface area (Å²) in [5.41, 5.74) is 2.26. The number of benzene rings is 1. The molecule has 1 aliphatic rings. The van der Waals surface area contributed by atoms with Gasteiger partial charge in [0.25, 0.3) is 0 Å². The van der Waals surface area contributed by atoms with Crippen molar-refractivity contribution < 1.29 is 18.7 Å². The Labute approximate surface area is 141 Å². The molecule has 0 spiro atoms. The summed E-state index contributed by atoms with van der Waals surface area (Å²) in [5.74, 6) is -0.600. The van der Waals surface area contributed by atoms with E-state index in [2.05, 4.69) is 15.5 Å². The maximum Gasteiger partial charge on any atom is 0.414 e. The van der Waals surface area contributed by atoms with Crippen LogP contribution < -0.4 is 10.2 Å². The third-order valence-electron chi connectivity index (χ3n) is 3.58. The Bertz CT molecular complexity index is 753. The third kappa shape index (κ3) is 3.35. The van der Waals surface area contributed by atoms with Crippen LogP contribution in [-0.4, -0.2) is 41.4 Å². The van der Waals surface area contributed by atoms with Crippen molar-refractivity contribution in [1.29, 1.82) is 0 Å². The summed E-state index contributed by atoms with van der Waals surface area (Å²) in [4.78, 5) is 24.6. The van der Waals surface area contributed by atoms with E-state index in [1.165, 1.54) is 27.8 Å². The zero-order valence-corrected chi connectivity index (χ0v) is 13.7. The van der Waals surface area contributed by atoms with Gasteiger partial charge in [-0.15, -0.1) is 10.2 Å². The minimum atomic E-state index is -0.561. The van der Waals surface area contributed by atoms with E-state index in [0.717, 1.165) is 0 Å². The average molecular weight is 350 g/mol. The molecule has 0 aliphatic carbocycles. The number of carbonyl (C=O) groups is 2. The summed E-state index contributed by atoms with van der Waals surface area (Å²) in [6.45, 7) is 2.23. The predicted molar refractivity (Wildman–Crippen MR) is 86.2 cm³/mol. The molecule has 2 heterocycles. The van der Waals surface area contributed by atoms with E-state index in [4.69, 9.17) is 4.74 Å². The van der Waals surface area contributed by atoms with Crippen molar-refractivity contribution in [1.82, 2.24) is 15.5 Å². The number of halogens is 1. The molecule has 9 heteroatoms. The highest BCUT2D eigenvalue weighted by atomic mass is 32.1. The summed E-state index contributed by atoms with van der Waals surface area (Å²) >= 11 is 1.23. The van der Waals surface area contributed by atoms with E-state index in [0.29, 0.717) is 22.7 Å². The molecule has 1 atom stereocenters. The molecule has 2 amide bonds. The Hall–Kier alpha value is -2.55. The summed E-state index contributed by atoms with van der Waals surface area (Å²) in [6.07, 6.45) is -0.657. The predicted octanol–water partition coefficient (Wildman–Crippen LogP) is 2.20. The maximum absolute atomic E-state index is 14.3. The summed E-state index contributed by atoms with van der Waals surface area (Å²) in [6, 6.07) is 4.46. The van der Waals surface area contributed by atoms with Gasteiger partial charge in [0.2, 0.25) is 5.91 Å². The van der Waals surface area contributed by atoms with E-state index in [9.17, 15) is 14.0 Å². The zero-order chi connectivity index (χ0) is 17.1. The molecule has 1 N–H and O–H groups in total. The van der Waals surface area contributed by atoms with Gasteiger partial charge in [-0.05, 0) is 18.2 Å². The van der Waals surface area contributed by atoms with E-state index >= 15 is 0 Å². The van der Waals surface area contributed by atoms with Crippen LogP contribution in [0.1, 0.15) is 13.3 Å². The first kappa shape index (κ1) is 16.3. The van der Waals surface area contributed by atoms with Gasteiger partial charge < -0.3 is 10.1 Å². The quantitative estimate of drug-likeness (QED) is 0.894. The Morgan fingerprint density at radius 1 is 1.54 bits per heavy atom. The lowest BCUT2D eigenvalue weighted by Gasteiger charge is -2.14. The van der Waals surface area contributed by atoms with Gasteiger partial charge in [0, 0.05) is 12.0 Å². The molecule has 1 unspecified atom stereocenters. The van der Waals surface area contributed by atoms with Crippen molar-refractivity contribution >= 4 is 29.0 Å². The summed E-state index contributed by atoms with van der Waals surface area (Å²) in [5, 5.41) is 10.7. The van der Waals surface area contributed by atoms with Crippen LogP contribution in [-0.2, 0) is 9.53 Å². The molecule has 0 saturated carbocycles. The van der Waals surface area contributed by atoms with Crippen LogP contribution in [0.15, 0.2) is 23.7 Å². The minimum absolute atomic E-state index is 0.114. The van der Waals surface area contributed by atoms with Crippen LogP contribution in [0.3, 0.4) is 0 Å². The Morgan fingerprint density at radius 2 is 2.38 bits per heavy atom. The smallest absolute Gasteiger partial charge is 0.414 e. The number of aromatic nitrogens is 2. The van der Waals surface area contributed by atoms with Crippen molar-refractivity contribution in [2.75, 3.05) is 18.0 Å². The van der Waals surface area contributed by atoms with E-state index < -0.39 is 18.0 Å². The number of anilines is 1. The van der Waals surface area contributed by atoms with Crippen LogP contribution in [0.4, 0.5) is 14.9 Å². The fourth-order valence-electron chi connectivity index (χ4n) is 2.33. The number of hydrogen-bond donors (Lipinski definition) is 1. The van der Waals surface area contributed by atoms with Crippen LogP contribution in [0.25, 0.3) is 10.6 Å². The number of ether oxygens (including phenoxy) is 1. The monoisotopic (exact) mass is 350 g/mol. The lowest BCUT2D eigenvalue weighted by atomic mass is 10.2. The van der Waals surface area contributed by atoms with Crippen molar-refractivity contribution in [2.45, 2.75) is 19.4 Å². The van der Waals surface area contributed by atoms with Crippen LogP contribution in [0, 0.1) is 5.82 Å². The molecule has 0 bridgehead atoms. The lowest BCUT2D eigenvalue weighted by Crippen LogP contribution is -2.34. The van der Waals surface area contributed by atoms with Gasteiger partial charge in [-0.1, -0.05) is 18.3 Å². The van der Waals surface area contributed by atoms with Crippen LogP contribution in [0.2, 0.25) is 0 Å². The first-order valence-corrected chi connectivity index (χ1v) is 8.27. The molecular formula is C15H15FN4O3S. The van der Waals surface area contributed by atoms with Crippen molar-refractivity contribution in [3.8, 4) is 10.6 Å². The number of nitrogens with zero attached hydrogens (tertiary/aromatic N) is 3. The number of nitrogens with one attached hydrogen (secondary N) is 1. The van der Waals surface area contributed by atoms with E-state index in [1.807, 2.05) is 0 Å². The Balaban J connectivity index is 1.71. The standard InChI is InChI=1S/C15H15FN4O3S/c1-2-13(21)17-6-10-7-20(15(22)23-10)9-3-4-11(12(16)5-9)14-19-18-8-24-14/h3-5,8,10H,2,6-7H2,1H3,(H,17,21). The Kier molecular flexibility index (Phi) is 4.70. The molecule has 1 aromatic carbocycles. The first-order valence-electron chi connectivity index (χ1n) is 7.39. The molecule has 1 aromatic heterocycles. The van der Waals surface area contributed by atoms with Gasteiger partial charge in [0.15, 0.2) is 0 Å². The summed E-state index contributed by atoms with van der Waals surface area (Å²) in [7, 11) is 0. The SMILES string of the molecule is CCC(=O)NCC1CN(c2ccc(-c3nncs3)c(F)c2)C(=O)O1. The molecule has 126 valence electrons. The van der Waals surface area contributed by atoms with Gasteiger partial charge in [-0.25, -0.2) is 9.18 Å². The summed E-state index contributed by atoms with van der Waals surface area (Å²) < 4.78 is 19.5. The highest BCUT2D eigenvalue weighted by molar-refractivity contribution is 7.12. The molecule has 1 fully saturated rings. The van der Waals surface area contributed by atoms with Gasteiger partial charge in [-0.2, -0.15) is 0 Å². The normalized spacial score (nSPS) is 17.0. The Morgan fingerprint density at radius 3 is 3.04 bits per heavy atom. The van der Waals surface area contributed by atoms with Crippen molar-refractivity contribution in [3.63, 3.8) is 0 Å². The zero-order valence-electron chi connectivity index (χ0n) is 12.9. The van der Waals surface area contributed by atoms with Crippen LogP contribution in [0.5, 0.6) is 0 Å². The molecule has 3 rings (SSSR count). The fraction of sp³-hybridized carbons (Fsp3) is 0.333. The highest BCUT2D eigenvalue weighted by Gasteiger charge is 2.32. The molecule has 24 heavy (non-hydrogen) atoms. The molecule has 1 aliphatic heterocycles. The number of hydrogen-bond acceptors (Lipinski definition) is 6. The number of amides is 2.